The van der Waals surface area contributed by atoms with Crippen LogP contribution in [0.1, 0.15) is 10.4 Å². The van der Waals surface area contributed by atoms with Gasteiger partial charge in [0.15, 0.2) is 11.5 Å². The molecule has 110 valence electrons. The van der Waals surface area contributed by atoms with Gasteiger partial charge < -0.3 is 20.1 Å². The van der Waals surface area contributed by atoms with Crippen molar-refractivity contribution >= 4 is 17.3 Å². The molecule has 2 aromatic carbocycles. The Morgan fingerprint density at radius 2 is 1.71 bits per heavy atom. The van der Waals surface area contributed by atoms with Crippen molar-refractivity contribution in [3.63, 3.8) is 0 Å². The zero-order valence-electron chi connectivity index (χ0n) is 12.3. The van der Waals surface area contributed by atoms with Gasteiger partial charge in [-0.25, -0.2) is 0 Å². The minimum absolute atomic E-state index is 0.172. The van der Waals surface area contributed by atoms with E-state index in [4.69, 9.17) is 15.2 Å². The standard InChI is InChI=1S/C16H18N2O3/c1-18(13-7-5-4-6-12(13)17)16(19)11-8-9-14(20-2)15(10-11)21-3/h4-10H,17H2,1-3H3. The zero-order chi connectivity index (χ0) is 15.4. The zero-order valence-corrected chi connectivity index (χ0v) is 12.3. The predicted octanol–water partition coefficient (Wildman–Crippen LogP) is 2.56. The van der Waals surface area contributed by atoms with Crippen molar-refractivity contribution in [3.8, 4) is 11.5 Å². The van der Waals surface area contributed by atoms with Gasteiger partial charge >= 0.3 is 0 Å². The number of carbonyl (C=O) groups excluding carboxylic acids is 1. The van der Waals surface area contributed by atoms with Crippen molar-refractivity contribution < 1.29 is 14.3 Å². The first-order valence-electron chi connectivity index (χ1n) is 6.43. The summed E-state index contributed by atoms with van der Waals surface area (Å²) in [5.74, 6) is 0.919. The number of para-hydroxylation sites is 2. The fourth-order valence-corrected chi connectivity index (χ4v) is 2.07. The number of nitrogen functional groups attached to an aromatic ring is 1. The molecule has 0 aliphatic heterocycles. The number of hydrogen-bond donors (Lipinski definition) is 1. The van der Waals surface area contributed by atoms with E-state index in [0.717, 1.165) is 0 Å². The minimum Gasteiger partial charge on any atom is -0.493 e. The molecule has 0 saturated carbocycles. The van der Waals surface area contributed by atoms with Gasteiger partial charge in [-0.15, -0.1) is 0 Å². The van der Waals surface area contributed by atoms with Crippen LogP contribution in [-0.2, 0) is 0 Å². The van der Waals surface area contributed by atoms with E-state index in [2.05, 4.69) is 0 Å². The average Bonchev–Trinajstić information content (AvgIpc) is 2.53. The third kappa shape index (κ3) is 2.91. The number of methoxy groups -OCH3 is 2. The molecule has 1 amide bonds. The van der Waals surface area contributed by atoms with Crippen LogP contribution < -0.4 is 20.1 Å². The Hall–Kier alpha value is -2.69. The Bertz CT molecular complexity index is 656. The molecule has 21 heavy (non-hydrogen) atoms. The molecular formula is C16H18N2O3. The molecule has 2 N–H and O–H groups in total. The molecule has 0 spiro atoms. The number of nitrogens with two attached hydrogens (primary N) is 1. The smallest absolute Gasteiger partial charge is 0.258 e. The van der Waals surface area contributed by atoms with Crippen LogP contribution in [-0.4, -0.2) is 27.2 Å². The summed E-state index contributed by atoms with van der Waals surface area (Å²) in [5, 5.41) is 0. The molecule has 0 aliphatic carbocycles. The first-order valence-corrected chi connectivity index (χ1v) is 6.43. The molecule has 0 radical (unpaired) electrons. The Kier molecular flexibility index (Phi) is 4.33. The number of anilines is 2. The highest BCUT2D eigenvalue weighted by molar-refractivity contribution is 6.07. The number of amides is 1. The molecule has 5 heteroatoms. The van der Waals surface area contributed by atoms with Crippen LogP contribution in [0.4, 0.5) is 11.4 Å². The maximum atomic E-state index is 12.5. The van der Waals surface area contributed by atoms with Crippen molar-refractivity contribution in [3.05, 3.63) is 48.0 Å². The van der Waals surface area contributed by atoms with E-state index >= 15 is 0 Å². The SMILES string of the molecule is COc1ccc(C(=O)N(C)c2ccccc2N)cc1OC. The highest BCUT2D eigenvalue weighted by Gasteiger charge is 2.17. The summed E-state index contributed by atoms with van der Waals surface area (Å²) in [5.41, 5.74) is 7.61. The fraction of sp³-hybridized carbons (Fsp3) is 0.188. The van der Waals surface area contributed by atoms with E-state index < -0.39 is 0 Å². The van der Waals surface area contributed by atoms with Crippen molar-refractivity contribution in [2.45, 2.75) is 0 Å². The summed E-state index contributed by atoms with van der Waals surface area (Å²) in [6.07, 6.45) is 0. The topological polar surface area (TPSA) is 64.8 Å². The molecule has 0 heterocycles. The van der Waals surface area contributed by atoms with E-state index in [1.807, 2.05) is 12.1 Å². The van der Waals surface area contributed by atoms with Crippen LogP contribution in [0.15, 0.2) is 42.5 Å². The van der Waals surface area contributed by atoms with Gasteiger partial charge in [0.05, 0.1) is 25.6 Å². The van der Waals surface area contributed by atoms with Crippen LogP contribution in [0.25, 0.3) is 0 Å². The van der Waals surface area contributed by atoms with Crippen LogP contribution in [0, 0.1) is 0 Å². The lowest BCUT2D eigenvalue weighted by Crippen LogP contribution is -2.27. The molecule has 0 unspecified atom stereocenters. The van der Waals surface area contributed by atoms with Gasteiger partial charge in [0.2, 0.25) is 0 Å². The summed E-state index contributed by atoms with van der Waals surface area (Å²) in [6, 6.07) is 12.3. The second kappa shape index (κ2) is 6.17. The van der Waals surface area contributed by atoms with Crippen molar-refractivity contribution in [1.29, 1.82) is 0 Å². The summed E-state index contributed by atoms with van der Waals surface area (Å²) in [6.45, 7) is 0. The van der Waals surface area contributed by atoms with Crippen molar-refractivity contribution in [2.75, 3.05) is 31.9 Å². The third-order valence-corrected chi connectivity index (χ3v) is 3.23. The van der Waals surface area contributed by atoms with E-state index in [1.165, 1.54) is 12.0 Å². The van der Waals surface area contributed by atoms with Crippen molar-refractivity contribution in [2.24, 2.45) is 0 Å². The highest BCUT2D eigenvalue weighted by atomic mass is 16.5. The first-order chi connectivity index (χ1) is 10.1. The Labute approximate surface area is 123 Å². The second-order valence-corrected chi connectivity index (χ2v) is 4.49. The molecular weight excluding hydrogens is 268 g/mol. The molecule has 0 fully saturated rings. The first kappa shape index (κ1) is 14.7. The van der Waals surface area contributed by atoms with Gasteiger partial charge in [0, 0.05) is 12.6 Å². The molecule has 0 aromatic heterocycles. The van der Waals surface area contributed by atoms with Gasteiger partial charge in [-0.05, 0) is 30.3 Å². The number of ether oxygens (including phenoxy) is 2. The second-order valence-electron chi connectivity index (χ2n) is 4.49. The number of benzene rings is 2. The number of hydrogen-bond acceptors (Lipinski definition) is 4. The predicted molar refractivity (Wildman–Crippen MR) is 83.1 cm³/mol. The maximum absolute atomic E-state index is 12.5. The highest BCUT2D eigenvalue weighted by Crippen LogP contribution is 2.29. The molecule has 0 atom stereocenters. The maximum Gasteiger partial charge on any atom is 0.258 e. The molecule has 0 aliphatic rings. The number of carbonyl (C=O) groups is 1. The van der Waals surface area contributed by atoms with Crippen LogP contribution in [0.3, 0.4) is 0 Å². The van der Waals surface area contributed by atoms with Gasteiger partial charge in [-0.3, -0.25) is 4.79 Å². The van der Waals surface area contributed by atoms with Crippen LogP contribution in [0.5, 0.6) is 11.5 Å². The van der Waals surface area contributed by atoms with E-state index in [-0.39, 0.29) is 5.91 Å². The third-order valence-electron chi connectivity index (χ3n) is 3.23. The summed E-state index contributed by atoms with van der Waals surface area (Å²) in [7, 11) is 4.77. The average molecular weight is 286 g/mol. The van der Waals surface area contributed by atoms with Gasteiger partial charge in [0.1, 0.15) is 0 Å². The van der Waals surface area contributed by atoms with E-state index in [9.17, 15) is 4.79 Å². The van der Waals surface area contributed by atoms with Gasteiger partial charge in [-0.2, -0.15) is 0 Å². The normalized spacial score (nSPS) is 10.0. The van der Waals surface area contributed by atoms with Crippen LogP contribution in [0.2, 0.25) is 0 Å². The fourth-order valence-electron chi connectivity index (χ4n) is 2.07. The van der Waals surface area contributed by atoms with E-state index in [0.29, 0.717) is 28.4 Å². The van der Waals surface area contributed by atoms with Crippen molar-refractivity contribution in [1.82, 2.24) is 0 Å². The van der Waals surface area contributed by atoms with Gasteiger partial charge in [-0.1, -0.05) is 12.1 Å². The molecule has 0 bridgehead atoms. The Balaban J connectivity index is 2.34. The number of rotatable bonds is 4. The van der Waals surface area contributed by atoms with Crippen LogP contribution >= 0.6 is 0 Å². The lowest BCUT2D eigenvalue weighted by Gasteiger charge is -2.19. The summed E-state index contributed by atoms with van der Waals surface area (Å²) in [4.78, 5) is 14.0. The lowest BCUT2D eigenvalue weighted by atomic mass is 10.1. The quantitative estimate of drug-likeness (QED) is 0.877. The Morgan fingerprint density at radius 1 is 1.05 bits per heavy atom. The molecule has 2 aromatic rings. The number of nitrogens with zero attached hydrogens (tertiary/aromatic N) is 1. The molecule has 0 saturated heterocycles. The lowest BCUT2D eigenvalue weighted by molar-refractivity contribution is 0.0992. The minimum atomic E-state index is -0.172. The largest absolute Gasteiger partial charge is 0.493 e. The van der Waals surface area contributed by atoms with E-state index in [1.54, 1.807) is 44.5 Å². The Morgan fingerprint density at radius 3 is 2.33 bits per heavy atom. The van der Waals surface area contributed by atoms with Gasteiger partial charge in [0.25, 0.3) is 5.91 Å². The summed E-state index contributed by atoms with van der Waals surface area (Å²) >= 11 is 0. The molecule has 2 rings (SSSR count). The monoisotopic (exact) mass is 286 g/mol. The molecule has 5 nitrogen and oxygen atoms in total. The summed E-state index contributed by atoms with van der Waals surface area (Å²) < 4.78 is 10.4.